The fourth-order valence-electron chi connectivity index (χ4n) is 7.98. The number of aliphatic hydroxyl groups is 2. The second kappa shape index (κ2) is 9.00. The van der Waals surface area contributed by atoms with Crippen LogP contribution in [-0.2, 0) is 19.1 Å². The molecule has 4 aliphatic rings. The summed E-state index contributed by atoms with van der Waals surface area (Å²) in [6, 6.07) is 0. The van der Waals surface area contributed by atoms with E-state index in [-0.39, 0.29) is 30.6 Å². The summed E-state index contributed by atoms with van der Waals surface area (Å²) in [4.78, 5) is 37.1. The van der Waals surface area contributed by atoms with Crippen molar-refractivity contribution in [2.45, 2.75) is 82.8 Å². The van der Waals surface area contributed by atoms with Crippen LogP contribution in [0, 0.1) is 28.6 Å². The number of halogens is 1. The highest BCUT2D eigenvalue weighted by Crippen LogP contribution is 2.72. The molecule has 0 aromatic carbocycles. The zero-order chi connectivity index (χ0) is 25.8. The van der Waals surface area contributed by atoms with Crippen LogP contribution in [0.3, 0.4) is 0 Å². The Bertz CT molecular complexity index is 975. The Hall–Kier alpha value is -1.70. The maximum Gasteiger partial charge on any atom is 0.509 e. The summed E-state index contributed by atoms with van der Waals surface area (Å²) in [6.45, 7) is 7.08. The molecule has 0 aliphatic heterocycles. The molecule has 194 valence electrons. The number of fused-ring (bicyclic) bond motifs is 5. The van der Waals surface area contributed by atoms with Crippen LogP contribution in [0.4, 0.5) is 4.79 Å². The van der Waals surface area contributed by atoms with Crippen molar-refractivity contribution >= 4 is 29.3 Å². The molecule has 0 amide bonds. The smallest absolute Gasteiger partial charge is 0.434 e. The number of alkyl halides is 1. The number of carbonyl (C=O) groups is 3. The molecule has 2 N–H and O–H groups in total. The number of ether oxygens (including phenoxy) is 2. The molecule has 8 heteroatoms. The summed E-state index contributed by atoms with van der Waals surface area (Å²) < 4.78 is 11.1. The molecule has 3 fully saturated rings. The number of aliphatic hydroxyl groups excluding tert-OH is 2. The van der Waals surface area contributed by atoms with E-state index in [1.807, 2.05) is 33.8 Å². The second-order valence-corrected chi connectivity index (χ2v) is 11.9. The number of ketones is 2. The summed E-state index contributed by atoms with van der Waals surface area (Å²) in [7, 11) is 0. The van der Waals surface area contributed by atoms with Crippen LogP contribution in [0.2, 0.25) is 0 Å². The van der Waals surface area contributed by atoms with Gasteiger partial charge >= 0.3 is 6.16 Å². The Kier molecular flexibility index (Phi) is 6.78. The van der Waals surface area contributed by atoms with Crippen LogP contribution in [0.25, 0.3) is 0 Å². The van der Waals surface area contributed by atoms with Gasteiger partial charge in [-0.3, -0.25) is 9.59 Å². The summed E-state index contributed by atoms with van der Waals surface area (Å²) in [5.74, 6) is -1.42. The fraction of sp³-hybridized carbons (Fsp3) is 0.741. The van der Waals surface area contributed by atoms with Gasteiger partial charge in [0.1, 0.15) is 6.61 Å². The molecular weight excluding hydrogens is 472 g/mol. The topological polar surface area (TPSA) is 110 Å². The van der Waals surface area contributed by atoms with Crippen LogP contribution < -0.4 is 0 Å². The highest BCUT2D eigenvalue weighted by atomic mass is 35.5. The highest BCUT2D eigenvalue weighted by molar-refractivity contribution is 6.26. The fourth-order valence-corrected chi connectivity index (χ4v) is 8.50. The number of hydrogen-bond acceptors (Lipinski definition) is 7. The molecule has 0 heterocycles. The molecular formula is C27H37ClO7. The first-order valence-electron chi connectivity index (χ1n) is 12.7. The van der Waals surface area contributed by atoms with Crippen molar-refractivity contribution in [3.8, 4) is 0 Å². The molecule has 1 unspecified atom stereocenters. The maximum absolute atomic E-state index is 13.4. The number of carbonyl (C=O) groups excluding carboxylic acids is 3. The van der Waals surface area contributed by atoms with Gasteiger partial charge in [0.15, 0.2) is 11.4 Å². The summed E-state index contributed by atoms with van der Waals surface area (Å²) in [5.41, 5.74) is -2.39. The zero-order valence-electron chi connectivity index (χ0n) is 21.0. The van der Waals surface area contributed by atoms with Crippen molar-refractivity contribution in [1.82, 2.24) is 0 Å². The van der Waals surface area contributed by atoms with E-state index >= 15 is 0 Å². The SMILES string of the molecule is CCCCOC(=O)O[C@]1(C(=O)CO)[C@H](C)C[C@H]2[C@@H]3CCC4=CC(=O)C=C[C@]4(C)[C@@]3(Cl)C(O)C[C@@]21C. The largest absolute Gasteiger partial charge is 0.509 e. The van der Waals surface area contributed by atoms with Gasteiger partial charge in [-0.2, -0.15) is 0 Å². The van der Waals surface area contributed by atoms with Crippen molar-refractivity contribution < 1.29 is 34.1 Å². The maximum atomic E-state index is 13.4. The zero-order valence-corrected chi connectivity index (χ0v) is 21.8. The summed E-state index contributed by atoms with van der Waals surface area (Å²) in [5, 5.41) is 21.7. The third kappa shape index (κ3) is 3.48. The van der Waals surface area contributed by atoms with E-state index in [0.29, 0.717) is 25.7 Å². The Morgan fingerprint density at radius 3 is 2.63 bits per heavy atom. The van der Waals surface area contributed by atoms with Gasteiger partial charge in [0.2, 0.25) is 5.78 Å². The van der Waals surface area contributed by atoms with Crippen molar-refractivity contribution in [1.29, 1.82) is 0 Å². The minimum Gasteiger partial charge on any atom is -0.434 e. The van der Waals surface area contributed by atoms with Gasteiger partial charge in [0.05, 0.1) is 17.6 Å². The van der Waals surface area contributed by atoms with Crippen LogP contribution in [0.5, 0.6) is 0 Å². The standard InChI is InChI=1S/C27H37ClO7/c1-5-6-11-34-23(33)35-27(22(32)15-29)16(2)12-20-19-8-7-17-13-18(30)9-10-24(17,3)26(19,28)21(31)14-25(20,27)4/h9-10,13,16,19-21,29,31H,5-8,11-12,14-15H2,1-4H3/t16-,19+,20+,21?,24+,25+,26+,27+/m1/s1. The van der Waals surface area contributed by atoms with Gasteiger partial charge in [-0.15, -0.1) is 11.6 Å². The molecule has 7 nitrogen and oxygen atoms in total. The minimum atomic E-state index is -1.63. The van der Waals surface area contributed by atoms with Gasteiger partial charge in [-0.05, 0) is 56.1 Å². The lowest BCUT2D eigenvalue weighted by molar-refractivity contribution is -0.185. The van der Waals surface area contributed by atoms with E-state index < -0.39 is 51.9 Å². The molecule has 8 atom stereocenters. The van der Waals surface area contributed by atoms with E-state index in [0.717, 1.165) is 12.0 Å². The Morgan fingerprint density at radius 2 is 1.97 bits per heavy atom. The monoisotopic (exact) mass is 508 g/mol. The van der Waals surface area contributed by atoms with E-state index in [9.17, 15) is 24.6 Å². The molecule has 0 aromatic heterocycles. The molecule has 4 rings (SSSR count). The first kappa shape index (κ1) is 26.4. The summed E-state index contributed by atoms with van der Waals surface area (Å²) >= 11 is 7.44. The number of Topliss-reactive ketones (excluding diaryl/α,β-unsaturated/α-hetero) is 1. The molecule has 4 aliphatic carbocycles. The number of unbranched alkanes of at least 4 members (excludes halogenated alkanes) is 1. The van der Waals surface area contributed by atoms with Crippen LogP contribution in [0.15, 0.2) is 23.8 Å². The van der Waals surface area contributed by atoms with Gasteiger partial charge < -0.3 is 19.7 Å². The highest BCUT2D eigenvalue weighted by Gasteiger charge is 2.76. The van der Waals surface area contributed by atoms with Crippen molar-refractivity contribution in [2.75, 3.05) is 13.2 Å². The number of hydrogen-bond donors (Lipinski definition) is 2. The molecule has 0 bridgehead atoms. The summed E-state index contributed by atoms with van der Waals surface area (Å²) in [6.07, 6.45) is 6.46. The Balaban J connectivity index is 1.76. The molecule has 0 spiro atoms. The second-order valence-electron chi connectivity index (χ2n) is 11.3. The van der Waals surface area contributed by atoms with Gasteiger partial charge in [-0.25, -0.2) is 4.79 Å². The third-order valence-electron chi connectivity index (χ3n) is 9.70. The molecule has 0 radical (unpaired) electrons. The number of allylic oxidation sites excluding steroid dienone is 4. The quantitative estimate of drug-likeness (QED) is 0.315. The third-order valence-corrected chi connectivity index (χ3v) is 10.6. The number of rotatable bonds is 6. The first-order chi connectivity index (χ1) is 16.4. The van der Waals surface area contributed by atoms with Crippen LogP contribution >= 0.6 is 11.6 Å². The van der Waals surface area contributed by atoms with E-state index in [1.54, 1.807) is 6.08 Å². The molecule has 35 heavy (non-hydrogen) atoms. The van der Waals surface area contributed by atoms with Gasteiger partial charge in [0.25, 0.3) is 0 Å². The van der Waals surface area contributed by atoms with E-state index in [1.165, 1.54) is 6.08 Å². The van der Waals surface area contributed by atoms with Crippen molar-refractivity contribution in [3.63, 3.8) is 0 Å². The van der Waals surface area contributed by atoms with Gasteiger partial charge in [0, 0.05) is 16.7 Å². The average Bonchev–Trinajstić information content (AvgIpc) is 3.02. The Labute approximate surface area is 211 Å². The van der Waals surface area contributed by atoms with E-state index in [2.05, 4.69) is 0 Å². The Morgan fingerprint density at radius 1 is 1.26 bits per heavy atom. The predicted octanol–water partition coefficient (Wildman–Crippen LogP) is 4.13. The minimum absolute atomic E-state index is 0.0802. The normalized spacial score (nSPS) is 44.1. The average molecular weight is 509 g/mol. The van der Waals surface area contributed by atoms with Gasteiger partial charge in [-0.1, -0.05) is 45.8 Å². The van der Waals surface area contributed by atoms with Crippen LogP contribution in [0.1, 0.15) is 66.2 Å². The first-order valence-corrected chi connectivity index (χ1v) is 13.1. The molecule has 0 aromatic rings. The molecule has 3 saturated carbocycles. The predicted molar refractivity (Wildman–Crippen MR) is 130 cm³/mol. The van der Waals surface area contributed by atoms with Crippen LogP contribution in [-0.4, -0.2) is 57.7 Å². The molecule has 0 saturated heterocycles. The lowest BCUT2D eigenvalue weighted by Crippen LogP contribution is -2.69. The van der Waals surface area contributed by atoms with Crippen molar-refractivity contribution in [2.24, 2.45) is 28.6 Å². The van der Waals surface area contributed by atoms with Crippen molar-refractivity contribution in [3.05, 3.63) is 23.8 Å². The lowest BCUT2D eigenvalue weighted by atomic mass is 9.45. The van der Waals surface area contributed by atoms with E-state index in [4.69, 9.17) is 21.1 Å². The lowest BCUT2D eigenvalue weighted by Gasteiger charge is -2.64.